The Kier molecular flexibility index (Phi) is 7.05. The van der Waals surface area contributed by atoms with Gasteiger partial charge in [-0.3, -0.25) is 0 Å². The van der Waals surface area contributed by atoms with E-state index < -0.39 is 0 Å². The van der Waals surface area contributed by atoms with E-state index in [0.717, 1.165) is 47.5 Å². The van der Waals surface area contributed by atoms with E-state index in [2.05, 4.69) is 80.4 Å². The smallest absolute Gasteiger partial charge is 0.0683 e. The predicted octanol–water partition coefficient (Wildman–Crippen LogP) is 8.92. The van der Waals surface area contributed by atoms with Crippen LogP contribution in [-0.2, 0) is 5.41 Å². The Morgan fingerprint density at radius 2 is 1.13 bits per heavy atom. The predicted molar refractivity (Wildman–Crippen MR) is 135 cm³/mol. The molecule has 0 saturated carbocycles. The Balaban J connectivity index is 2.06. The number of nitriles is 2. The summed E-state index contributed by atoms with van der Waals surface area (Å²) in [5.74, 6) is 0. The average Bonchev–Trinajstić information content (AvgIpc) is 2.97. The number of nitrogens with zero attached hydrogens (tertiary/aromatic N) is 2. The Morgan fingerprint density at radius 1 is 0.742 bits per heavy atom. The second-order valence-electron chi connectivity index (χ2n) is 10.2. The zero-order valence-electron chi connectivity index (χ0n) is 18.9. The summed E-state index contributed by atoms with van der Waals surface area (Å²) in [6, 6.07) is 18.2. The lowest BCUT2D eigenvalue weighted by molar-refractivity contribution is 0.339. The first-order valence-corrected chi connectivity index (χ1v) is 12.6. The van der Waals surface area contributed by atoms with Crippen LogP contribution in [-0.4, -0.2) is 0 Å². The molecule has 0 saturated heterocycles. The largest absolute Gasteiger partial charge is 0.198 e. The highest BCUT2D eigenvalue weighted by atomic mass is 79.9. The van der Waals surface area contributed by atoms with E-state index in [1.165, 1.54) is 22.3 Å². The minimum Gasteiger partial charge on any atom is -0.198 e. The Hall–Kier alpha value is -1.62. The van der Waals surface area contributed by atoms with Crippen LogP contribution >= 0.6 is 31.9 Å². The van der Waals surface area contributed by atoms with E-state index in [1.54, 1.807) is 0 Å². The number of halogens is 2. The van der Waals surface area contributed by atoms with Crippen molar-refractivity contribution in [1.29, 1.82) is 10.5 Å². The van der Waals surface area contributed by atoms with Crippen LogP contribution in [0.4, 0.5) is 0 Å². The van der Waals surface area contributed by atoms with Crippen molar-refractivity contribution in [2.75, 3.05) is 0 Å². The van der Waals surface area contributed by atoms with Gasteiger partial charge in [-0.1, -0.05) is 56.8 Å². The van der Waals surface area contributed by atoms with Crippen LogP contribution in [0.2, 0.25) is 0 Å². The molecule has 3 rings (SSSR count). The van der Waals surface area contributed by atoms with Gasteiger partial charge in [0, 0.05) is 14.4 Å². The maximum Gasteiger partial charge on any atom is 0.0683 e. The monoisotopic (exact) mass is 540 g/mol. The fourth-order valence-corrected chi connectivity index (χ4v) is 5.60. The Bertz CT molecular complexity index is 968. The van der Waals surface area contributed by atoms with Gasteiger partial charge in [0.05, 0.1) is 23.0 Å². The van der Waals surface area contributed by atoms with Gasteiger partial charge in [0.1, 0.15) is 0 Å². The van der Waals surface area contributed by atoms with E-state index in [1.807, 2.05) is 27.7 Å². The molecule has 2 aromatic rings. The fraction of sp³-hybridized carbons (Fsp3) is 0.481. The first kappa shape index (κ1) is 24.0. The van der Waals surface area contributed by atoms with Gasteiger partial charge in [0.25, 0.3) is 0 Å². The van der Waals surface area contributed by atoms with Crippen molar-refractivity contribution >= 4 is 31.9 Å². The van der Waals surface area contributed by atoms with Gasteiger partial charge in [0.15, 0.2) is 0 Å². The molecule has 0 bridgehead atoms. The number of benzene rings is 2. The summed E-state index contributed by atoms with van der Waals surface area (Å²) in [5.41, 5.74) is 4.63. The number of rotatable bonds is 8. The van der Waals surface area contributed by atoms with Crippen LogP contribution in [0, 0.1) is 33.5 Å². The lowest BCUT2D eigenvalue weighted by atomic mass is 9.69. The summed E-state index contributed by atoms with van der Waals surface area (Å²) in [5, 5.41) is 19.0. The molecule has 2 nitrogen and oxygen atoms in total. The molecule has 0 radical (unpaired) electrons. The molecule has 0 unspecified atom stereocenters. The Morgan fingerprint density at radius 3 is 1.48 bits per heavy atom. The lowest BCUT2D eigenvalue weighted by Gasteiger charge is -2.34. The van der Waals surface area contributed by atoms with Gasteiger partial charge in [-0.15, -0.1) is 0 Å². The molecule has 0 amide bonds. The summed E-state index contributed by atoms with van der Waals surface area (Å²) in [7, 11) is 0. The quantitative estimate of drug-likeness (QED) is 0.335. The van der Waals surface area contributed by atoms with Gasteiger partial charge in [-0.25, -0.2) is 0 Å². The first-order valence-electron chi connectivity index (χ1n) is 11.0. The average molecular weight is 542 g/mol. The van der Waals surface area contributed by atoms with Crippen molar-refractivity contribution in [3.8, 4) is 23.3 Å². The van der Waals surface area contributed by atoms with E-state index in [-0.39, 0.29) is 16.2 Å². The minimum absolute atomic E-state index is 0.102. The van der Waals surface area contributed by atoms with Crippen molar-refractivity contribution in [3.05, 3.63) is 56.5 Å². The molecular formula is C27H30Br2N2. The molecule has 0 heterocycles. The SMILES string of the molecule is CC(C)(C#N)CCCC1(CCCC(C)(C)C#N)c2cc(Br)ccc2-c2ccc(Br)cc21. The van der Waals surface area contributed by atoms with Crippen LogP contribution in [0.25, 0.3) is 11.1 Å². The van der Waals surface area contributed by atoms with Gasteiger partial charge in [-0.2, -0.15) is 10.5 Å². The maximum absolute atomic E-state index is 9.50. The van der Waals surface area contributed by atoms with Gasteiger partial charge >= 0.3 is 0 Å². The fourth-order valence-electron chi connectivity index (χ4n) is 4.88. The number of fused-ring (bicyclic) bond motifs is 3. The van der Waals surface area contributed by atoms with Crippen LogP contribution < -0.4 is 0 Å². The standard InChI is InChI=1S/C27H30Br2N2/c1-25(2,17-30)11-5-13-27(14-6-12-26(3,4)18-31)23-15-19(28)7-9-21(23)22-10-8-20(29)16-24(22)27/h7-10,15-16H,5-6,11-14H2,1-4H3. The van der Waals surface area contributed by atoms with Crippen LogP contribution in [0.1, 0.15) is 77.3 Å². The second-order valence-corrected chi connectivity index (χ2v) is 12.0. The van der Waals surface area contributed by atoms with E-state index >= 15 is 0 Å². The summed E-state index contributed by atoms with van der Waals surface area (Å²) < 4.78 is 2.19. The maximum atomic E-state index is 9.50. The number of hydrogen-bond acceptors (Lipinski definition) is 2. The minimum atomic E-state index is -0.317. The summed E-state index contributed by atoms with van der Waals surface area (Å²) in [4.78, 5) is 0. The Labute approximate surface area is 203 Å². The number of hydrogen-bond donors (Lipinski definition) is 0. The van der Waals surface area contributed by atoms with E-state index in [9.17, 15) is 10.5 Å². The third-order valence-electron chi connectivity index (χ3n) is 6.70. The van der Waals surface area contributed by atoms with Crippen molar-refractivity contribution < 1.29 is 0 Å². The third-order valence-corrected chi connectivity index (χ3v) is 7.69. The topological polar surface area (TPSA) is 47.6 Å². The van der Waals surface area contributed by atoms with Gasteiger partial charge in [0.2, 0.25) is 0 Å². The van der Waals surface area contributed by atoms with Crippen LogP contribution in [0.5, 0.6) is 0 Å². The summed E-state index contributed by atoms with van der Waals surface area (Å²) >= 11 is 7.41. The van der Waals surface area contributed by atoms with E-state index in [4.69, 9.17) is 0 Å². The third kappa shape index (κ3) is 5.08. The first-order chi connectivity index (χ1) is 14.5. The lowest BCUT2D eigenvalue weighted by Crippen LogP contribution is -2.27. The molecule has 1 aliphatic rings. The molecule has 2 aromatic carbocycles. The zero-order chi connectivity index (χ0) is 22.9. The molecule has 0 N–H and O–H groups in total. The molecule has 0 aromatic heterocycles. The summed E-state index contributed by atoms with van der Waals surface area (Å²) in [6.07, 6.45) is 5.72. The highest BCUT2D eigenvalue weighted by Crippen LogP contribution is 2.55. The second kappa shape index (κ2) is 9.09. The van der Waals surface area contributed by atoms with Gasteiger partial charge in [-0.05, 0) is 99.9 Å². The molecule has 0 atom stereocenters. The summed E-state index contributed by atoms with van der Waals surface area (Å²) in [6.45, 7) is 8.11. The van der Waals surface area contributed by atoms with Crippen molar-refractivity contribution in [2.24, 2.45) is 10.8 Å². The van der Waals surface area contributed by atoms with Crippen LogP contribution in [0.15, 0.2) is 45.3 Å². The molecular weight excluding hydrogens is 512 g/mol. The van der Waals surface area contributed by atoms with Crippen molar-refractivity contribution in [3.63, 3.8) is 0 Å². The molecule has 0 fully saturated rings. The van der Waals surface area contributed by atoms with E-state index in [0.29, 0.717) is 0 Å². The van der Waals surface area contributed by atoms with Crippen molar-refractivity contribution in [1.82, 2.24) is 0 Å². The zero-order valence-corrected chi connectivity index (χ0v) is 22.0. The molecule has 31 heavy (non-hydrogen) atoms. The molecule has 0 aliphatic heterocycles. The molecule has 0 spiro atoms. The van der Waals surface area contributed by atoms with Gasteiger partial charge < -0.3 is 0 Å². The highest BCUT2D eigenvalue weighted by Gasteiger charge is 2.43. The van der Waals surface area contributed by atoms with Crippen molar-refractivity contribution in [2.45, 2.75) is 71.6 Å². The molecule has 4 heteroatoms. The molecule has 162 valence electrons. The molecule has 1 aliphatic carbocycles. The highest BCUT2D eigenvalue weighted by molar-refractivity contribution is 9.10. The van der Waals surface area contributed by atoms with Crippen LogP contribution in [0.3, 0.4) is 0 Å². The normalized spacial score (nSPS) is 14.5.